The van der Waals surface area contributed by atoms with Crippen molar-refractivity contribution in [3.05, 3.63) is 24.3 Å². The highest BCUT2D eigenvalue weighted by molar-refractivity contribution is 5.67. The van der Waals surface area contributed by atoms with Gasteiger partial charge in [0.15, 0.2) is 0 Å². The summed E-state index contributed by atoms with van der Waals surface area (Å²) < 4.78 is 5.19. The van der Waals surface area contributed by atoms with Gasteiger partial charge in [-0.1, -0.05) is 19.4 Å². The molecule has 0 atom stereocenters. The summed E-state index contributed by atoms with van der Waals surface area (Å²) in [6.45, 7) is 3.53. The van der Waals surface area contributed by atoms with E-state index in [2.05, 4.69) is 11.8 Å². The molecule has 4 nitrogen and oxygen atoms in total. The molecule has 0 saturated heterocycles. The Morgan fingerprint density at radius 2 is 2.17 bits per heavy atom. The Hall–Kier alpha value is -1.71. The second-order valence-corrected chi connectivity index (χ2v) is 4.19. The Morgan fingerprint density at radius 3 is 2.78 bits per heavy atom. The fourth-order valence-corrected chi connectivity index (χ4v) is 1.76. The van der Waals surface area contributed by atoms with Crippen molar-refractivity contribution in [2.24, 2.45) is 0 Å². The van der Waals surface area contributed by atoms with Crippen molar-refractivity contribution >= 4 is 11.7 Å². The predicted octanol–water partition coefficient (Wildman–Crippen LogP) is 2.78. The number of ether oxygens (including phenoxy) is 1. The molecular weight excluding hydrogens is 230 g/mol. The van der Waals surface area contributed by atoms with E-state index in [1.54, 1.807) is 7.11 Å². The summed E-state index contributed by atoms with van der Waals surface area (Å²) in [7, 11) is 1.63. The van der Waals surface area contributed by atoms with Crippen LogP contribution in [0.2, 0.25) is 0 Å². The Morgan fingerprint density at radius 1 is 1.39 bits per heavy atom. The molecule has 0 aromatic heterocycles. The number of aliphatic carboxylic acids is 1. The zero-order valence-electron chi connectivity index (χ0n) is 11.1. The van der Waals surface area contributed by atoms with Crippen LogP contribution < -0.4 is 9.64 Å². The summed E-state index contributed by atoms with van der Waals surface area (Å²) in [5.74, 6) is 0.0312. The highest BCUT2D eigenvalue weighted by Crippen LogP contribution is 2.21. The Bertz CT molecular complexity index is 379. The van der Waals surface area contributed by atoms with Crippen molar-refractivity contribution in [1.29, 1.82) is 0 Å². The highest BCUT2D eigenvalue weighted by atomic mass is 16.5. The van der Waals surface area contributed by atoms with Crippen molar-refractivity contribution in [2.75, 3.05) is 25.1 Å². The van der Waals surface area contributed by atoms with Crippen LogP contribution in [0.4, 0.5) is 5.69 Å². The molecule has 100 valence electrons. The zero-order chi connectivity index (χ0) is 13.4. The Kier molecular flexibility index (Phi) is 6.05. The molecular formula is C14H21NO3. The molecule has 0 aliphatic carbocycles. The molecule has 0 heterocycles. The van der Waals surface area contributed by atoms with Crippen LogP contribution in [0.3, 0.4) is 0 Å². The number of methoxy groups -OCH3 is 1. The molecule has 0 unspecified atom stereocenters. The third-order valence-corrected chi connectivity index (χ3v) is 2.80. The average Bonchev–Trinajstić information content (AvgIpc) is 2.38. The number of carboxylic acid groups (broad SMARTS) is 1. The summed E-state index contributed by atoms with van der Waals surface area (Å²) in [4.78, 5) is 12.8. The van der Waals surface area contributed by atoms with Crippen molar-refractivity contribution in [3.63, 3.8) is 0 Å². The second kappa shape index (κ2) is 7.58. The van der Waals surface area contributed by atoms with E-state index >= 15 is 0 Å². The molecule has 0 aliphatic heterocycles. The molecule has 4 heteroatoms. The van der Waals surface area contributed by atoms with E-state index in [1.165, 1.54) is 0 Å². The maximum atomic E-state index is 10.7. The minimum Gasteiger partial charge on any atom is -0.497 e. The van der Waals surface area contributed by atoms with Gasteiger partial charge in [-0.15, -0.1) is 0 Å². The number of nitrogens with zero attached hydrogens (tertiary/aromatic N) is 1. The SMILES string of the molecule is CCCCN(CCC(=O)O)c1cccc(OC)c1. The molecule has 0 bridgehead atoms. The minimum atomic E-state index is -0.764. The van der Waals surface area contributed by atoms with Gasteiger partial charge < -0.3 is 14.7 Å². The van der Waals surface area contributed by atoms with Gasteiger partial charge in [-0.3, -0.25) is 4.79 Å². The lowest BCUT2D eigenvalue weighted by Crippen LogP contribution is -2.27. The van der Waals surface area contributed by atoms with Crippen molar-refractivity contribution in [2.45, 2.75) is 26.2 Å². The first kappa shape index (κ1) is 14.4. The highest BCUT2D eigenvalue weighted by Gasteiger charge is 2.09. The Balaban J connectivity index is 2.75. The van der Waals surface area contributed by atoms with Crippen LogP contribution in [0.25, 0.3) is 0 Å². The zero-order valence-corrected chi connectivity index (χ0v) is 11.1. The van der Waals surface area contributed by atoms with Crippen LogP contribution in [0.5, 0.6) is 5.75 Å². The lowest BCUT2D eigenvalue weighted by atomic mass is 10.2. The van der Waals surface area contributed by atoms with Crippen LogP contribution in [0.15, 0.2) is 24.3 Å². The smallest absolute Gasteiger partial charge is 0.305 e. The molecule has 0 spiro atoms. The lowest BCUT2D eigenvalue weighted by Gasteiger charge is -2.24. The topological polar surface area (TPSA) is 49.8 Å². The van der Waals surface area contributed by atoms with E-state index in [0.717, 1.165) is 30.8 Å². The number of hydrogen-bond donors (Lipinski definition) is 1. The standard InChI is InChI=1S/C14H21NO3/c1-3-4-9-15(10-8-14(16)17)12-6-5-7-13(11-12)18-2/h5-7,11H,3-4,8-10H2,1-2H3,(H,16,17). The summed E-state index contributed by atoms with van der Waals surface area (Å²) in [6, 6.07) is 7.74. The quantitative estimate of drug-likeness (QED) is 0.772. The molecule has 0 saturated carbocycles. The molecule has 0 aliphatic rings. The molecule has 1 aromatic rings. The third kappa shape index (κ3) is 4.65. The molecule has 0 radical (unpaired) electrons. The summed E-state index contributed by atoms with van der Waals surface area (Å²) >= 11 is 0. The van der Waals surface area contributed by atoms with E-state index in [1.807, 2.05) is 24.3 Å². The van der Waals surface area contributed by atoms with E-state index in [9.17, 15) is 4.79 Å². The predicted molar refractivity (Wildman–Crippen MR) is 72.4 cm³/mol. The maximum absolute atomic E-state index is 10.7. The van der Waals surface area contributed by atoms with Gasteiger partial charge in [0.1, 0.15) is 5.75 Å². The van der Waals surface area contributed by atoms with E-state index < -0.39 is 5.97 Å². The van der Waals surface area contributed by atoms with E-state index in [4.69, 9.17) is 9.84 Å². The molecule has 0 fully saturated rings. The fraction of sp³-hybridized carbons (Fsp3) is 0.500. The number of hydrogen-bond acceptors (Lipinski definition) is 3. The molecule has 1 N–H and O–H groups in total. The van der Waals surface area contributed by atoms with Crippen LogP contribution in [-0.2, 0) is 4.79 Å². The first-order valence-corrected chi connectivity index (χ1v) is 6.28. The van der Waals surface area contributed by atoms with Gasteiger partial charge >= 0.3 is 5.97 Å². The number of anilines is 1. The first-order chi connectivity index (χ1) is 8.67. The van der Waals surface area contributed by atoms with E-state index in [0.29, 0.717) is 6.54 Å². The fourth-order valence-electron chi connectivity index (χ4n) is 1.76. The number of carboxylic acids is 1. The van der Waals surface area contributed by atoms with Crippen LogP contribution >= 0.6 is 0 Å². The molecule has 1 rings (SSSR count). The summed E-state index contributed by atoms with van der Waals surface area (Å²) in [5, 5.41) is 8.78. The van der Waals surface area contributed by atoms with Gasteiger partial charge in [0.2, 0.25) is 0 Å². The van der Waals surface area contributed by atoms with Gasteiger partial charge in [0, 0.05) is 24.8 Å². The van der Waals surface area contributed by atoms with Gasteiger partial charge in [-0.25, -0.2) is 0 Å². The Labute approximate surface area is 108 Å². The average molecular weight is 251 g/mol. The first-order valence-electron chi connectivity index (χ1n) is 6.28. The van der Waals surface area contributed by atoms with Crippen molar-refractivity contribution in [3.8, 4) is 5.75 Å². The van der Waals surface area contributed by atoms with Gasteiger partial charge in [0.25, 0.3) is 0 Å². The van der Waals surface area contributed by atoms with Gasteiger partial charge in [-0.2, -0.15) is 0 Å². The third-order valence-electron chi connectivity index (χ3n) is 2.80. The van der Waals surface area contributed by atoms with Crippen molar-refractivity contribution in [1.82, 2.24) is 0 Å². The number of benzene rings is 1. The number of rotatable bonds is 8. The van der Waals surface area contributed by atoms with Crippen LogP contribution in [0.1, 0.15) is 26.2 Å². The van der Waals surface area contributed by atoms with Crippen molar-refractivity contribution < 1.29 is 14.6 Å². The maximum Gasteiger partial charge on any atom is 0.305 e. The lowest BCUT2D eigenvalue weighted by molar-refractivity contribution is -0.136. The normalized spacial score (nSPS) is 10.1. The molecule has 0 amide bonds. The summed E-state index contributed by atoms with van der Waals surface area (Å²) in [6.07, 6.45) is 2.30. The van der Waals surface area contributed by atoms with Gasteiger partial charge in [0.05, 0.1) is 13.5 Å². The summed E-state index contributed by atoms with van der Waals surface area (Å²) in [5.41, 5.74) is 1.02. The second-order valence-electron chi connectivity index (χ2n) is 4.19. The largest absolute Gasteiger partial charge is 0.497 e. The number of carbonyl (C=O) groups is 1. The van der Waals surface area contributed by atoms with Crippen LogP contribution in [0, 0.1) is 0 Å². The van der Waals surface area contributed by atoms with Crippen LogP contribution in [-0.4, -0.2) is 31.3 Å². The molecule has 18 heavy (non-hydrogen) atoms. The molecule has 1 aromatic carbocycles. The van der Waals surface area contributed by atoms with E-state index in [-0.39, 0.29) is 6.42 Å². The van der Waals surface area contributed by atoms with Gasteiger partial charge in [-0.05, 0) is 18.6 Å². The number of unbranched alkanes of at least 4 members (excludes halogenated alkanes) is 1. The minimum absolute atomic E-state index is 0.154. The monoisotopic (exact) mass is 251 g/mol.